The second-order valence-corrected chi connectivity index (χ2v) is 5.77. The van der Waals surface area contributed by atoms with Crippen LogP contribution in [0.1, 0.15) is 18.5 Å². The molecule has 0 amide bonds. The van der Waals surface area contributed by atoms with Crippen LogP contribution in [0.3, 0.4) is 0 Å². The van der Waals surface area contributed by atoms with Crippen LogP contribution in [0.5, 0.6) is 11.5 Å². The van der Waals surface area contributed by atoms with E-state index < -0.39 is 4.92 Å². The van der Waals surface area contributed by atoms with Gasteiger partial charge in [0.1, 0.15) is 5.75 Å². The first-order valence-corrected chi connectivity index (χ1v) is 7.22. The summed E-state index contributed by atoms with van der Waals surface area (Å²) in [5, 5.41) is 11.5. The number of hydrogen-bond acceptors (Lipinski definition) is 4. The van der Waals surface area contributed by atoms with Gasteiger partial charge in [-0.15, -0.1) is 0 Å². The van der Waals surface area contributed by atoms with Crippen molar-refractivity contribution in [3.63, 3.8) is 0 Å². The molecule has 2 rings (SSSR count). The molecule has 1 unspecified atom stereocenters. The average Bonchev–Trinajstić information content (AvgIpc) is 2.40. The molecule has 0 aliphatic rings. The van der Waals surface area contributed by atoms with Crippen molar-refractivity contribution in [2.45, 2.75) is 13.0 Å². The van der Waals surface area contributed by atoms with Crippen LogP contribution in [-0.4, -0.2) is 4.92 Å². The monoisotopic (exact) mass is 370 g/mol. The lowest BCUT2D eigenvalue weighted by Gasteiger charge is -2.11. The van der Waals surface area contributed by atoms with Crippen LogP contribution in [0, 0.1) is 10.1 Å². The molecule has 21 heavy (non-hydrogen) atoms. The van der Waals surface area contributed by atoms with Gasteiger partial charge in [0.2, 0.25) is 5.75 Å². The van der Waals surface area contributed by atoms with E-state index in [4.69, 9.17) is 22.1 Å². The molecule has 0 heterocycles. The molecule has 2 aromatic carbocycles. The minimum absolute atomic E-state index is 0.128. The van der Waals surface area contributed by atoms with Gasteiger partial charge < -0.3 is 10.5 Å². The van der Waals surface area contributed by atoms with Gasteiger partial charge in [0.15, 0.2) is 0 Å². The molecule has 2 aromatic rings. The minimum Gasteiger partial charge on any atom is -0.450 e. The Morgan fingerprint density at radius 3 is 2.62 bits per heavy atom. The van der Waals surface area contributed by atoms with Crippen molar-refractivity contribution in [2.24, 2.45) is 5.73 Å². The topological polar surface area (TPSA) is 78.4 Å². The van der Waals surface area contributed by atoms with Gasteiger partial charge in [0.25, 0.3) is 0 Å². The van der Waals surface area contributed by atoms with Gasteiger partial charge in [-0.2, -0.15) is 0 Å². The Bertz CT molecular complexity index is 692. The van der Waals surface area contributed by atoms with Crippen LogP contribution in [-0.2, 0) is 0 Å². The Labute approximate surface area is 134 Å². The Balaban J connectivity index is 2.35. The second kappa shape index (κ2) is 6.43. The first-order chi connectivity index (χ1) is 9.88. The van der Waals surface area contributed by atoms with Crippen LogP contribution in [0.2, 0.25) is 5.02 Å². The highest BCUT2D eigenvalue weighted by atomic mass is 79.9. The zero-order valence-electron chi connectivity index (χ0n) is 11.0. The summed E-state index contributed by atoms with van der Waals surface area (Å²) in [7, 11) is 0. The smallest absolute Gasteiger partial charge is 0.312 e. The van der Waals surface area contributed by atoms with Crippen molar-refractivity contribution >= 4 is 33.2 Å². The summed E-state index contributed by atoms with van der Waals surface area (Å²) < 4.78 is 6.16. The van der Waals surface area contributed by atoms with Crippen LogP contribution in [0.25, 0.3) is 0 Å². The number of nitrogens with two attached hydrogens (primary N) is 1. The molecular formula is C14H12BrClN2O3. The van der Waals surface area contributed by atoms with Crippen LogP contribution in [0.15, 0.2) is 40.9 Å². The Hall–Kier alpha value is -1.63. The summed E-state index contributed by atoms with van der Waals surface area (Å²) in [5.74, 6) is 0.558. The van der Waals surface area contributed by atoms with E-state index >= 15 is 0 Å². The third-order valence-electron chi connectivity index (χ3n) is 2.81. The number of rotatable bonds is 4. The van der Waals surface area contributed by atoms with Gasteiger partial charge in [0.05, 0.1) is 4.92 Å². The highest BCUT2D eigenvalue weighted by Crippen LogP contribution is 2.35. The van der Waals surface area contributed by atoms with E-state index in [1.807, 2.05) is 6.92 Å². The van der Waals surface area contributed by atoms with Crippen LogP contribution in [0.4, 0.5) is 5.69 Å². The van der Waals surface area contributed by atoms with E-state index in [9.17, 15) is 10.1 Å². The van der Waals surface area contributed by atoms with Gasteiger partial charge in [-0.25, -0.2) is 0 Å². The Morgan fingerprint density at radius 1 is 1.33 bits per heavy atom. The first kappa shape index (κ1) is 15.8. The molecule has 1 atom stereocenters. The van der Waals surface area contributed by atoms with Gasteiger partial charge >= 0.3 is 5.69 Å². The summed E-state index contributed by atoms with van der Waals surface area (Å²) in [5.41, 5.74) is 6.44. The largest absolute Gasteiger partial charge is 0.450 e. The summed E-state index contributed by atoms with van der Waals surface area (Å²) in [6.07, 6.45) is 0. The molecule has 0 fully saturated rings. The normalized spacial score (nSPS) is 12.0. The predicted octanol–water partition coefficient (Wildman–Crippen LogP) is 4.82. The molecule has 0 saturated heterocycles. The van der Waals surface area contributed by atoms with Crippen molar-refractivity contribution in [1.29, 1.82) is 0 Å². The highest BCUT2D eigenvalue weighted by Gasteiger charge is 2.17. The molecule has 0 aliphatic heterocycles. The zero-order valence-corrected chi connectivity index (χ0v) is 13.4. The van der Waals surface area contributed by atoms with Gasteiger partial charge in [-0.05, 0) is 36.8 Å². The fourth-order valence-electron chi connectivity index (χ4n) is 1.79. The van der Waals surface area contributed by atoms with E-state index in [0.29, 0.717) is 15.2 Å². The number of benzene rings is 2. The number of halogens is 2. The van der Waals surface area contributed by atoms with Gasteiger partial charge in [-0.3, -0.25) is 10.1 Å². The standard InChI is InChI=1S/C14H12BrClN2O3/c1-8(17)11-4-3-10(7-12(11)16)21-14-5-2-9(15)6-13(14)18(19)20/h2-8H,17H2,1H3. The van der Waals surface area contributed by atoms with E-state index in [1.54, 1.807) is 24.3 Å². The van der Waals surface area contributed by atoms with E-state index in [-0.39, 0.29) is 17.5 Å². The van der Waals surface area contributed by atoms with Crippen molar-refractivity contribution in [3.8, 4) is 11.5 Å². The molecule has 0 spiro atoms. The molecule has 0 radical (unpaired) electrons. The van der Waals surface area contributed by atoms with Crippen molar-refractivity contribution in [3.05, 3.63) is 61.6 Å². The van der Waals surface area contributed by atoms with Gasteiger partial charge in [-0.1, -0.05) is 33.6 Å². The lowest BCUT2D eigenvalue weighted by Crippen LogP contribution is -2.05. The SMILES string of the molecule is CC(N)c1ccc(Oc2ccc(Br)cc2[N+](=O)[O-])cc1Cl. The summed E-state index contributed by atoms with van der Waals surface area (Å²) in [6.45, 7) is 1.82. The molecule has 2 N–H and O–H groups in total. The fraction of sp³-hybridized carbons (Fsp3) is 0.143. The Morgan fingerprint density at radius 2 is 2.05 bits per heavy atom. The molecule has 7 heteroatoms. The number of nitro benzene ring substituents is 1. The molecule has 110 valence electrons. The maximum absolute atomic E-state index is 11.0. The quantitative estimate of drug-likeness (QED) is 0.617. The highest BCUT2D eigenvalue weighted by molar-refractivity contribution is 9.10. The van der Waals surface area contributed by atoms with E-state index in [2.05, 4.69) is 15.9 Å². The zero-order chi connectivity index (χ0) is 15.6. The fourth-order valence-corrected chi connectivity index (χ4v) is 2.48. The van der Waals surface area contributed by atoms with Crippen molar-refractivity contribution in [1.82, 2.24) is 0 Å². The second-order valence-electron chi connectivity index (χ2n) is 4.44. The minimum atomic E-state index is -0.502. The molecule has 0 aromatic heterocycles. The first-order valence-electron chi connectivity index (χ1n) is 6.05. The predicted molar refractivity (Wildman–Crippen MR) is 84.9 cm³/mol. The third-order valence-corrected chi connectivity index (χ3v) is 3.63. The molecule has 0 saturated carbocycles. The molecule has 0 aliphatic carbocycles. The van der Waals surface area contributed by atoms with Crippen LogP contribution < -0.4 is 10.5 Å². The summed E-state index contributed by atoms with van der Waals surface area (Å²) in [4.78, 5) is 10.5. The maximum Gasteiger partial charge on any atom is 0.312 e. The van der Waals surface area contributed by atoms with Crippen LogP contribution >= 0.6 is 27.5 Å². The molecule has 0 bridgehead atoms. The molecule has 5 nitrogen and oxygen atoms in total. The number of hydrogen-bond donors (Lipinski definition) is 1. The number of nitro groups is 1. The number of nitrogens with zero attached hydrogens (tertiary/aromatic N) is 1. The third kappa shape index (κ3) is 3.72. The summed E-state index contributed by atoms with van der Waals surface area (Å²) >= 11 is 9.31. The number of ether oxygens (including phenoxy) is 1. The maximum atomic E-state index is 11.0. The lowest BCUT2D eigenvalue weighted by molar-refractivity contribution is -0.385. The summed E-state index contributed by atoms with van der Waals surface area (Å²) in [6, 6.07) is 9.38. The van der Waals surface area contributed by atoms with E-state index in [0.717, 1.165) is 5.56 Å². The average molecular weight is 372 g/mol. The van der Waals surface area contributed by atoms with Gasteiger partial charge in [0, 0.05) is 21.6 Å². The molecular weight excluding hydrogens is 360 g/mol. The van der Waals surface area contributed by atoms with Crippen molar-refractivity contribution < 1.29 is 9.66 Å². The van der Waals surface area contributed by atoms with E-state index in [1.165, 1.54) is 12.1 Å². The lowest BCUT2D eigenvalue weighted by atomic mass is 10.1. The Kier molecular flexibility index (Phi) is 4.82. The van der Waals surface area contributed by atoms with Crippen molar-refractivity contribution in [2.75, 3.05) is 0 Å².